The minimum atomic E-state index is -0.496. The molecule has 0 saturated heterocycles. The summed E-state index contributed by atoms with van der Waals surface area (Å²) >= 11 is 0. The minimum absolute atomic E-state index is 0.103. The van der Waals surface area contributed by atoms with E-state index in [-0.39, 0.29) is 11.4 Å². The Morgan fingerprint density at radius 2 is 1.69 bits per heavy atom. The lowest BCUT2D eigenvalue weighted by molar-refractivity contribution is -0.281. The molecule has 0 aromatic heterocycles. The van der Waals surface area contributed by atoms with Crippen molar-refractivity contribution in [2.75, 3.05) is 6.61 Å². The van der Waals surface area contributed by atoms with Crippen LogP contribution in [-0.2, 0) is 14.6 Å². The molecule has 3 nitrogen and oxygen atoms in total. The zero-order valence-electron chi connectivity index (χ0n) is 11.6. The predicted molar refractivity (Wildman–Crippen MR) is 64.8 cm³/mol. The topological polar surface area (TPSA) is 35.5 Å². The SMILES string of the molecule is CCCCOOC(=O)C(C)(C)CC(C)(C)C. The monoisotopic (exact) mass is 230 g/mol. The summed E-state index contributed by atoms with van der Waals surface area (Å²) in [6, 6.07) is 0. The average molecular weight is 230 g/mol. The van der Waals surface area contributed by atoms with Gasteiger partial charge in [-0.2, -0.15) is 4.89 Å². The Kier molecular flexibility index (Phi) is 6.01. The van der Waals surface area contributed by atoms with Gasteiger partial charge in [0, 0.05) is 0 Å². The molecule has 3 heteroatoms. The Labute approximate surface area is 99.4 Å². The second-order valence-electron chi connectivity index (χ2n) is 6.17. The molecule has 0 aromatic carbocycles. The van der Waals surface area contributed by atoms with Gasteiger partial charge in [0.2, 0.25) is 0 Å². The van der Waals surface area contributed by atoms with Gasteiger partial charge in [0.15, 0.2) is 0 Å². The lowest BCUT2D eigenvalue weighted by Gasteiger charge is -2.29. The van der Waals surface area contributed by atoms with Gasteiger partial charge in [-0.1, -0.05) is 34.1 Å². The largest absolute Gasteiger partial charge is 0.347 e. The molecule has 0 fully saturated rings. The van der Waals surface area contributed by atoms with E-state index in [0.717, 1.165) is 19.3 Å². The molecule has 0 bridgehead atoms. The van der Waals surface area contributed by atoms with Crippen molar-refractivity contribution in [3.63, 3.8) is 0 Å². The fourth-order valence-corrected chi connectivity index (χ4v) is 1.81. The van der Waals surface area contributed by atoms with Crippen LogP contribution in [0.1, 0.15) is 60.8 Å². The number of hydrogen-bond acceptors (Lipinski definition) is 3. The van der Waals surface area contributed by atoms with Crippen LogP contribution < -0.4 is 0 Å². The molecule has 0 radical (unpaired) electrons. The molecule has 0 amide bonds. The average Bonchev–Trinajstić information content (AvgIpc) is 2.08. The van der Waals surface area contributed by atoms with E-state index >= 15 is 0 Å². The summed E-state index contributed by atoms with van der Waals surface area (Å²) in [4.78, 5) is 21.5. The molecule has 0 heterocycles. The molecule has 0 N–H and O–H groups in total. The van der Waals surface area contributed by atoms with Gasteiger partial charge in [-0.15, -0.1) is 0 Å². The number of carbonyl (C=O) groups is 1. The van der Waals surface area contributed by atoms with Gasteiger partial charge in [0.1, 0.15) is 0 Å². The summed E-state index contributed by atoms with van der Waals surface area (Å²) in [5.74, 6) is -0.279. The zero-order chi connectivity index (χ0) is 12.8. The summed E-state index contributed by atoms with van der Waals surface area (Å²) in [6.45, 7) is 12.7. The van der Waals surface area contributed by atoms with Gasteiger partial charge < -0.3 is 0 Å². The first-order valence-electron chi connectivity index (χ1n) is 6.03. The van der Waals surface area contributed by atoms with Gasteiger partial charge in [-0.3, -0.25) is 4.89 Å². The van der Waals surface area contributed by atoms with Crippen molar-refractivity contribution in [2.45, 2.75) is 60.8 Å². The first-order chi connectivity index (χ1) is 7.19. The normalized spacial score (nSPS) is 12.6. The molecule has 0 aliphatic rings. The van der Waals surface area contributed by atoms with Crippen LogP contribution in [0, 0.1) is 10.8 Å². The lowest BCUT2D eigenvalue weighted by atomic mass is 9.76. The van der Waals surface area contributed by atoms with E-state index in [1.807, 2.05) is 13.8 Å². The van der Waals surface area contributed by atoms with E-state index in [1.54, 1.807) is 0 Å². The van der Waals surface area contributed by atoms with Crippen LogP contribution in [0.5, 0.6) is 0 Å². The Bertz CT molecular complexity index is 214. The second-order valence-corrected chi connectivity index (χ2v) is 6.17. The van der Waals surface area contributed by atoms with Crippen molar-refractivity contribution in [1.29, 1.82) is 0 Å². The number of carbonyl (C=O) groups excluding carboxylic acids is 1. The fraction of sp³-hybridized carbons (Fsp3) is 0.923. The van der Waals surface area contributed by atoms with Gasteiger partial charge in [0.25, 0.3) is 0 Å². The van der Waals surface area contributed by atoms with Crippen molar-refractivity contribution in [3.8, 4) is 0 Å². The highest BCUT2D eigenvalue weighted by atomic mass is 17.2. The Hall–Kier alpha value is -0.570. The van der Waals surface area contributed by atoms with Gasteiger partial charge in [-0.25, -0.2) is 4.79 Å². The molecule has 0 aliphatic carbocycles. The third kappa shape index (κ3) is 6.83. The quantitative estimate of drug-likeness (QED) is 0.396. The van der Waals surface area contributed by atoms with E-state index in [0.29, 0.717) is 6.61 Å². The van der Waals surface area contributed by atoms with Crippen LogP contribution in [0.2, 0.25) is 0 Å². The highest BCUT2D eigenvalue weighted by molar-refractivity contribution is 5.75. The Morgan fingerprint density at radius 3 is 2.12 bits per heavy atom. The van der Waals surface area contributed by atoms with Crippen molar-refractivity contribution >= 4 is 5.97 Å². The fourth-order valence-electron chi connectivity index (χ4n) is 1.81. The summed E-state index contributed by atoms with van der Waals surface area (Å²) < 4.78 is 0. The van der Waals surface area contributed by atoms with Crippen molar-refractivity contribution < 1.29 is 14.6 Å². The van der Waals surface area contributed by atoms with Crippen LogP contribution in [-0.4, -0.2) is 12.6 Å². The van der Waals surface area contributed by atoms with Crippen molar-refractivity contribution in [1.82, 2.24) is 0 Å². The minimum Gasteiger partial charge on any atom is -0.298 e. The standard InChI is InChI=1S/C13H26O3/c1-7-8-9-15-16-11(14)13(5,6)10-12(2,3)4/h7-10H2,1-6H3. The van der Waals surface area contributed by atoms with E-state index in [9.17, 15) is 4.79 Å². The van der Waals surface area contributed by atoms with Gasteiger partial charge in [0.05, 0.1) is 12.0 Å². The number of unbranched alkanes of at least 4 members (excludes halogenated alkanes) is 1. The molecule has 0 atom stereocenters. The third-order valence-corrected chi connectivity index (χ3v) is 2.24. The molecule has 0 aliphatic heterocycles. The van der Waals surface area contributed by atoms with Crippen LogP contribution in [0.15, 0.2) is 0 Å². The summed E-state index contributed by atoms with van der Waals surface area (Å²) in [5.41, 5.74) is -0.392. The maximum atomic E-state index is 11.8. The molecule has 0 unspecified atom stereocenters. The molecule has 0 aromatic rings. The van der Waals surface area contributed by atoms with Crippen LogP contribution in [0.4, 0.5) is 0 Å². The van der Waals surface area contributed by atoms with Crippen LogP contribution in [0.3, 0.4) is 0 Å². The Balaban J connectivity index is 4.05. The molecular formula is C13H26O3. The molecular weight excluding hydrogens is 204 g/mol. The van der Waals surface area contributed by atoms with Crippen molar-refractivity contribution in [2.24, 2.45) is 10.8 Å². The predicted octanol–water partition coefficient (Wildman–Crippen LogP) is 3.72. The molecule has 96 valence electrons. The molecule has 16 heavy (non-hydrogen) atoms. The van der Waals surface area contributed by atoms with E-state index in [1.165, 1.54) is 0 Å². The summed E-state index contributed by atoms with van der Waals surface area (Å²) in [6.07, 6.45) is 2.71. The van der Waals surface area contributed by atoms with E-state index in [2.05, 4.69) is 27.7 Å². The summed E-state index contributed by atoms with van der Waals surface area (Å²) in [7, 11) is 0. The number of hydrogen-bond donors (Lipinski definition) is 0. The van der Waals surface area contributed by atoms with E-state index < -0.39 is 5.41 Å². The zero-order valence-corrected chi connectivity index (χ0v) is 11.6. The maximum Gasteiger partial charge on any atom is 0.347 e. The smallest absolute Gasteiger partial charge is 0.298 e. The highest BCUT2D eigenvalue weighted by Gasteiger charge is 2.34. The molecule has 0 rings (SSSR count). The van der Waals surface area contributed by atoms with Gasteiger partial charge in [-0.05, 0) is 32.1 Å². The first-order valence-corrected chi connectivity index (χ1v) is 6.03. The summed E-state index contributed by atoms with van der Waals surface area (Å²) in [5, 5.41) is 0. The van der Waals surface area contributed by atoms with Crippen LogP contribution >= 0.6 is 0 Å². The second kappa shape index (κ2) is 6.24. The van der Waals surface area contributed by atoms with Gasteiger partial charge >= 0.3 is 5.97 Å². The van der Waals surface area contributed by atoms with E-state index in [4.69, 9.17) is 9.78 Å². The Morgan fingerprint density at radius 1 is 1.12 bits per heavy atom. The first kappa shape index (κ1) is 15.4. The lowest BCUT2D eigenvalue weighted by Crippen LogP contribution is -2.31. The molecule has 0 spiro atoms. The molecule has 0 saturated carbocycles. The van der Waals surface area contributed by atoms with Crippen LogP contribution in [0.25, 0.3) is 0 Å². The van der Waals surface area contributed by atoms with Crippen molar-refractivity contribution in [3.05, 3.63) is 0 Å². The number of rotatable bonds is 6. The third-order valence-electron chi connectivity index (χ3n) is 2.24. The highest BCUT2D eigenvalue weighted by Crippen LogP contribution is 2.34. The maximum absolute atomic E-state index is 11.8.